The van der Waals surface area contributed by atoms with Crippen LogP contribution in [0, 0.1) is 0 Å². The van der Waals surface area contributed by atoms with Gasteiger partial charge in [-0.25, -0.2) is 0 Å². The first-order chi connectivity index (χ1) is 9.83. The van der Waals surface area contributed by atoms with Gasteiger partial charge in [-0.1, -0.05) is 39.8 Å². The molecule has 0 aliphatic rings. The average Bonchev–Trinajstić information content (AvgIpc) is 3.20. The first kappa shape index (κ1) is 25.0. The summed E-state index contributed by atoms with van der Waals surface area (Å²) in [6, 6.07) is 3.56. The van der Waals surface area contributed by atoms with Gasteiger partial charge in [-0.2, -0.15) is 38.6 Å². The number of hydrogen-bond donors (Lipinski definition) is 0. The van der Waals surface area contributed by atoms with Gasteiger partial charge in [0.2, 0.25) is 0 Å². The van der Waals surface area contributed by atoms with Crippen LogP contribution < -0.4 is 10.2 Å². The van der Waals surface area contributed by atoms with Crippen LogP contribution >= 0.6 is 0 Å². The Kier molecular flexibility index (Phi) is 32.7. The molecule has 0 saturated heterocycles. The van der Waals surface area contributed by atoms with E-state index in [2.05, 4.69) is 31.0 Å². The smallest absolute Gasteiger partial charge is 0.663 e. The fourth-order valence-electron chi connectivity index (χ4n) is 0.832. The van der Waals surface area contributed by atoms with Crippen LogP contribution in [0.2, 0.25) is 0 Å². The van der Waals surface area contributed by atoms with Crippen LogP contribution in [0.15, 0.2) is 36.9 Å². The molecule has 2 aromatic heterocycles. The number of rotatable bonds is 4. The third-order valence-corrected chi connectivity index (χ3v) is 1.64. The van der Waals surface area contributed by atoms with Gasteiger partial charge in [0.15, 0.2) is 0 Å². The standard InChI is InChI=1S/2C4H10N.2C3H3N2.Ti/c2*1-3-5-4-2;2*1-2-4-5-3-1;/h2*3-4H2,1-2H3;2*1-3H;/q4*-1;+4. The second kappa shape index (κ2) is 27.4. The molecule has 0 aromatic carbocycles. The van der Waals surface area contributed by atoms with E-state index in [1.807, 2.05) is 27.7 Å². The number of hydrogen-bond acceptors (Lipinski definition) is 2. The molecule has 2 aromatic rings. The molecule has 0 aliphatic carbocycles. The zero-order chi connectivity index (χ0) is 15.3. The van der Waals surface area contributed by atoms with Crippen molar-refractivity contribution in [2.45, 2.75) is 27.7 Å². The van der Waals surface area contributed by atoms with Gasteiger partial charge in [-0.15, -0.1) is 0 Å². The fourth-order valence-corrected chi connectivity index (χ4v) is 0.832. The Bertz CT molecular complexity index is 228. The molecule has 0 radical (unpaired) electrons. The van der Waals surface area contributed by atoms with E-state index in [1.165, 1.54) is 0 Å². The first-order valence-corrected chi connectivity index (χ1v) is 6.86. The largest absolute Gasteiger partial charge is 4.00 e. The molecule has 21 heavy (non-hydrogen) atoms. The molecule has 0 N–H and O–H groups in total. The molecule has 2 rings (SSSR count). The normalized spacial score (nSPS) is 7.81. The van der Waals surface area contributed by atoms with E-state index in [0.29, 0.717) is 0 Å². The van der Waals surface area contributed by atoms with Crippen LogP contribution in [0.5, 0.6) is 0 Å². The van der Waals surface area contributed by atoms with Crippen LogP contribution in [-0.4, -0.2) is 36.4 Å². The third kappa shape index (κ3) is 32.5. The summed E-state index contributed by atoms with van der Waals surface area (Å²) in [6.45, 7) is 12.1. The quantitative estimate of drug-likeness (QED) is 0.809. The average molecular weight is 326 g/mol. The van der Waals surface area contributed by atoms with E-state index in [-0.39, 0.29) is 21.7 Å². The predicted molar refractivity (Wildman–Crippen MR) is 84.0 cm³/mol. The Balaban J connectivity index is -0.000000202. The van der Waals surface area contributed by atoms with Crippen LogP contribution in [0.25, 0.3) is 10.6 Å². The second-order valence-electron chi connectivity index (χ2n) is 3.16. The molecule has 0 spiro atoms. The Labute approximate surface area is 143 Å². The summed E-state index contributed by atoms with van der Waals surface area (Å²) in [5.74, 6) is 0. The molecular weight excluding hydrogens is 300 g/mol. The zero-order valence-corrected chi connectivity index (χ0v) is 15.0. The van der Waals surface area contributed by atoms with Crippen molar-refractivity contribution in [2.75, 3.05) is 26.2 Å². The minimum atomic E-state index is 0. The number of aromatic nitrogens is 4. The van der Waals surface area contributed by atoms with Gasteiger partial charge in [-0.05, 0) is 0 Å². The van der Waals surface area contributed by atoms with E-state index < -0.39 is 0 Å². The summed E-state index contributed by atoms with van der Waals surface area (Å²) in [5.41, 5.74) is 0. The second-order valence-corrected chi connectivity index (χ2v) is 3.16. The molecular formula is C14H26N6Ti. The SMILES string of the molecule is CC[N-]CC.CC[N-]CC.[Ti+4].c1cn[n-]c1.c1cn[n-]c1. The first-order valence-electron chi connectivity index (χ1n) is 6.86. The zero-order valence-electron chi connectivity index (χ0n) is 13.5. The minimum absolute atomic E-state index is 0. The van der Waals surface area contributed by atoms with Crippen molar-refractivity contribution >= 4 is 0 Å². The van der Waals surface area contributed by atoms with Crippen LogP contribution in [0.1, 0.15) is 27.7 Å². The van der Waals surface area contributed by atoms with Gasteiger partial charge in [0.25, 0.3) is 0 Å². The van der Waals surface area contributed by atoms with Gasteiger partial charge in [0.05, 0.1) is 0 Å². The molecule has 0 amide bonds. The van der Waals surface area contributed by atoms with Crippen molar-refractivity contribution in [2.24, 2.45) is 0 Å². The maximum absolute atomic E-state index is 3.97. The maximum atomic E-state index is 3.97. The van der Waals surface area contributed by atoms with E-state index in [0.717, 1.165) is 26.2 Å². The van der Waals surface area contributed by atoms with Crippen molar-refractivity contribution in [1.82, 2.24) is 20.4 Å². The monoisotopic (exact) mass is 326 g/mol. The number of nitrogens with zero attached hydrogens (tertiary/aromatic N) is 6. The molecule has 0 fully saturated rings. The summed E-state index contributed by atoms with van der Waals surface area (Å²) in [5, 5.41) is 21.8. The van der Waals surface area contributed by atoms with Crippen molar-refractivity contribution < 1.29 is 21.7 Å². The molecule has 0 saturated carbocycles. The summed E-state index contributed by atoms with van der Waals surface area (Å²) in [6.07, 6.45) is 6.56. The van der Waals surface area contributed by atoms with Crippen molar-refractivity contribution in [3.05, 3.63) is 47.6 Å². The van der Waals surface area contributed by atoms with Crippen LogP contribution in [0.3, 0.4) is 0 Å². The van der Waals surface area contributed by atoms with E-state index in [9.17, 15) is 0 Å². The Morgan fingerprint density at radius 3 is 1.10 bits per heavy atom. The Morgan fingerprint density at radius 1 is 0.714 bits per heavy atom. The Morgan fingerprint density at radius 2 is 1.05 bits per heavy atom. The molecule has 0 unspecified atom stereocenters. The predicted octanol–water partition coefficient (Wildman–Crippen LogP) is 2.87. The molecule has 0 aliphatic heterocycles. The molecule has 116 valence electrons. The third-order valence-electron chi connectivity index (χ3n) is 1.64. The molecule has 0 atom stereocenters. The van der Waals surface area contributed by atoms with Crippen LogP contribution in [0.4, 0.5) is 0 Å². The summed E-state index contributed by atoms with van der Waals surface area (Å²) >= 11 is 0. The van der Waals surface area contributed by atoms with E-state index in [4.69, 9.17) is 0 Å². The summed E-state index contributed by atoms with van der Waals surface area (Å²) < 4.78 is 0. The van der Waals surface area contributed by atoms with Gasteiger partial charge >= 0.3 is 21.7 Å². The van der Waals surface area contributed by atoms with Crippen molar-refractivity contribution in [1.29, 1.82) is 0 Å². The molecule has 2 heterocycles. The topological polar surface area (TPSA) is 82.2 Å². The van der Waals surface area contributed by atoms with Crippen molar-refractivity contribution in [3.8, 4) is 0 Å². The maximum Gasteiger partial charge on any atom is 4.00 e. The van der Waals surface area contributed by atoms with E-state index >= 15 is 0 Å². The van der Waals surface area contributed by atoms with Crippen LogP contribution in [-0.2, 0) is 21.7 Å². The minimum Gasteiger partial charge on any atom is -0.663 e. The molecule has 6 nitrogen and oxygen atoms in total. The Hall–Kier alpha value is -0.946. The van der Waals surface area contributed by atoms with Gasteiger partial charge in [0.1, 0.15) is 0 Å². The van der Waals surface area contributed by atoms with E-state index in [1.54, 1.807) is 36.9 Å². The van der Waals surface area contributed by atoms with Crippen molar-refractivity contribution in [3.63, 3.8) is 0 Å². The van der Waals surface area contributed by atoms with Gasteiger partial charge in [0, 0.05) is 12.4 Å². The van der Waals surface area contributed by atoms with Gasteiger partial charge in [-0.3, -0.25) is 0 Å². The van der Waals surface area contributed by atoms with Gasteiger partial charge < -0.3 is 31.0 Å². The molecule has 7 heteroatoms. The molecule has 0 bridgehead atoms. The summed E-state index contributed by atoms with van der Waals surface area (Å²) in [7, 11) is 0. The fraction of sp³-hybridized carbons (Fsp3) is 0.571. The summed E-state index contributed by atoms with van der Waals surface area (Å²) in [4.78, 5) is 0.